The second kappa shape index (κ2) is 8.28. The van der Waals surface area contributed by atoms with Gasteiger partial charge in [0.1, 0.15) is 0 Å². The van der Waals surface area contributed by atoms with Crippen molar-refractivity contribution in [2.45, 2.75) is 39.3 Å². The Kier molecular flexibility index (Phi) is 6.70. The minimum Gasteiger partial charge on any atom is -0.321 e. The van der Waals surface area contributed by atoms with E-state index in [0.29, 0.717) is 13.0 Å². The first-order valence-electron chi connectivity index (χ1n) is 7.21. The highest BCUT2D eigenvalue weighted by atomic mass is 16.2. The van der Waals surface area contributed by atoms with Gasteiger partial charge < -0.3 is 15.5 Å². The van der Waals surface area contributed by atoms with Gasteiger partial charge in [0.2, 0.25) is 0 Å². The molecule has 0 aromatic heterocycles. The fourth-order valence-electron chi connectivity index (χ4n) is 1.98. The quantitative estimate of drug-likeness (QED) is 0.845. The Morgan fingerprint density at radius 2 is 1.90 bits per heavy atom. The molecule has 1 rings (SSSR count). The zero-order valence-electron chi connectivity index (χ0n) is 13.2. The van der Waals surface area contributed by atoms with E-state index in [1.165, 1.54) is 5.56 Å². The predicted molar refractivity (Wildman–Crippen MR) is 85.0 cm³/mol. The van der Waals surface area contributed by atoms with Gasteiger partial charge >= 0.3 is 6.03 Å². The summed E-state index contributed by atoms with van der Waals surface area (Å²) in [7, 11) is 1.91. The molecule has 0 saturated heterocycles. The molecule has 5 heteroatoms. The Balaban J connectivity index is 2.70. The number of amides is 2. The summed E-state index contributed by atoms with van der Waals surface area (Å²) in [5, 5.41) is 14.7. The zero-order chi connectivity index (χ0) is 15.8. The molecule has 0 aliphatic rings. The molecule has 21 heavy (non-hydrogen) atoms. The number of urea groups is 1. The number of carbonyl (C=O) groups excluding carboxylic acids is 1. The van der Waals surface area contributed by atoms with Gasteiger partial charge in [0.25, 0.3) is 0 Å². The highest BCUT2D eigenvalue weighted by Gasteiger charge is 2.16. The lowest BCUT2D eigenvalue weighted by Crippen LogP contribution is -2.40. The number of carbonyl (C=O) groups is 1. The van der Waals surface area contributed by atoms with Crippen molar-refractivity contribution in [3.63, 3.8) is 0 Å². The molecule has 0 fully saturated rings. The first-order chi connectivity index (χ1) is 9.99. The Morgan fingerprint density at radius 1 is 1.29 bits per heavy atom. The molecule has 2 N–H and O–H groups in total. The second-order valence-electron chi connectivity index (χ2n) is 5.26. The maximum Gasteiger partial charge on any atom is 0.322 e. The molecule has 1 aromatic rings. The van der Waals surface area contributed by atoms with Crippen LogP contribution in [0.25, 0.3) is 0 Å². The first kappa shape index (κ1) is 17.0. The van der Waals surface area contributed by atoms with E-state index in [2.05, 4.69) is 23.6 Å². The lowest BCUT2D eigenvalue weighted by molar-refractivity contribution is 0.198. The fourth-order valence-corrected chi connectivity index (χ4v) is 1.98. The topological polar surface area (TPSA) is 68.2 Å². The predicted octanol–water partition coefficient (Wildman–Crippen LogP) is 3.12. The third-order valence-electron chi connectivity index (χ3n) is 3.44. The third-order valence-corrected chi connectivity index (χ3v) is 3.44. The highest BCUT2D eigenvalue weighted by molar-refractivity contribution is 5.89. The minimum atomic E-state index is -0.172. The number of hydrogen-bond donors (Lipinski definition) is 2. The van der Waals surface area contributed by atoms with Crippen molar-refractivity contribution in [3.05, 3.63) is 29.8 Å². The molecule has 0 bridgehead atoms. The third kappa shape index (κ3) is 5.09. The van der Waals surface area contributed by atoms with E-state index in [1.807, 2.05) is 45.2 Å². The highest BCUT2D eigenvalue weighted by Crippen LogP contribution is 2.16. The Hall–Kier alpha value is -2.06. The van der Waals surface area contributed by atoms with Crippen LogP contribution >= 0.6 is 0 Å². The monoisotopic (exact) mass is 288 g/mol. The molecule has 0 spiro atoms. The average molecular weight is 288 g/mol. The lowest BCUT2D eigenvalue weighted by atomic mass is 10.1. The van der Waals surface area contributed by atoms with Crippen molar-refractivity contribution in [2.75, 3.05) is 18.9 Å². The van der Waals surface area contributed by atoms with Crippen molar-refractivity contribution in [1.82, 2.24) is 10.2 Å². The molecule has 0 aliphatic heterocycles. The number of anilines is 1. The molecule has 2 amide bonds. The molecule has 1 unspecified atom stereocenters. The van der Waals surface area contributed by atoms with Gasteiger partial charge in [-0.2, -0.15) is 5.26 Å². The van der Waals surface area contributed by atoms with Crippen LogP contribution in [0.4, 0.5) is 10.5 Å². The Morgan fingerprint density at radius 3 is 2.38 bits per heavy atom. The van der Waals surface area contributed by atoms with Crippen molar-refractivity contribution in [1.29, 1.82) is 5.26 Å². The maximum atomic E-state index is 12.2. The van der Waals surface area contributed by atoms with Crippen LogP contribution in [0.2, 0.25) is 0 Å². The van der Waals surface area contributed by atoms with E-state index < -0.39 is 0 Å². The fraction of sp³-hybridized carbons (Fsp3) is 0.500. The standard InChI is InChI=1S/C16H24N4O/c1-12(2)20(11-5-10-17)16(21)19-15-8-6-14(7-9-15)13(3)18-4/h6-9,12-13,18H,5,11H2,1-4H3,(H,19,21). The average Bonchev–Trinajstić information content (AvgIpc) is 2.47. The SMILES string of the molecule is CNC(C)c1ccc(NC(=O)N(CCC#N)C(C)C)cc1. The molecular weight excluding hydrogens is 264 g/mol. The number of nitrogens with one attached hydrogen (secondary N) is 2. The molecule has 0 radical (unpaired) electrons. The Bertz CT molecular complexity index is 490. The van der Waals surface area contributed by atoms with Crippen LogP contribution in [0.1, 0.15) is 38.8 Å². The van der Waals surface area contributed by atoms with Gasteiger partial charge in [-0.05, 0) is 45.5 Å². The van der Waals surface area contributed by atoms with Crippen LogP contribution in [-0.2, 0) is 0 Å². The summed E-state index contributed by atoms with van der Waals surface area (Å²) in [6, 6.07) is 10.00. The van der Waals surface area contributed by atoms with Crippen LogP contribution < -0.4 is 10.6 Å². The first-order valence-corrected chi connectivity index (χ1v) is 7.21. The minimum absolute atomic E-state index is 0.0573. The number of nitriles is 1. The van der Waals surface area contributed by atoms with Crippen LogP contribution in [0.5, 0.6) is 0 Å². The van der Waals surface area contributed by atoms with Gasteiger partial charge in [0.15, 0.2) is 0 Å². The summed E-state index contributed by atoms with van der Waals surface area (Å²) in [6.07, 6.45) is 0.338. The normalized spacial score (nSPS) is 11.8. The summed E-state index contributed by atoms with van der Waals surface area (Å²) in [4.78, 5) is 13.9. The maximum absolute atomic E-state index is 12.2. The molecule has 1 atom stereocenters. The molecule has 5 nitrogen and oxygen atoms in total. The van der Waals surface area contributed by atoms with E-state index >= 15 is 0 Å². The van der Waals surface area contributed by atoms with Gasteiger partial charge in [-0.1, -0.05) is 12.1 Å². The zero-order valence-corrected chi connectivity index (χ0v) is 13.2. The molecule has 0 aliphatic carbocycles. The van der Waals surface area contributed by atoms with E-state index in [1.54, 1.807) is 4.90 Å². The smallest absolute Gasteiger partial charge is 0.321 e. The lowest BCUT2D eigenvalue weighted by Gasteiger charge is -2.26. The van der Waals surface area contributed by atoms with Gasteiger partial charge in [-0.15, -0.1) is 0 Å². The second-order valence-corrected chi connectivity index (χ2v) is 5.26. The number of benzene rings is 1. The summed E-state index contributed by atoms with van der Waals surface area (Å²) in [5.74, 6) is 0. The van der Waals surface area contributed by atoms with Crippen LogP contribution in [0.3, 0.4) is 0 Å². The van der Waals surface area contributed by atoms with E-state index in [4.69, 9.17) is 5.26 Å². The van der Waals surface area contributed by atoms with Gasteiger partial charge in [0, 0.05) is 24.3 Å². The largest absolute Gasteiger partial charge is 0.322 e. The van der Waals surface area contributed by atoms with Gasteiger partial charge in [-0.25, -0.2) is 4.79 Å². The number of rotatable bonds is 6. The summed E-state index contributed by atoms with van der Waals surface area (Å²) in [6.45, 7) is 6.40. The molecule has 114 valence electrons. The molecule has 1 aromatic carbocycles. The Labute approximate surface area is 126 Å². The van der Waals surface area contributed by atoms with Gasteiger partial charge in [-0.3, -0.25) is 0 Å². The van der Waals surface area contributed by atoms with Crippen LogP contribution in [0, 0.1) is 11.3 Å². The van der Waals surface area contributed by atoms with E-state index in [0.717, 1.165) is 5.69 Å². The number of nitrogens with zero attached hydrogens (tertiary/aromatic N) is 2. The number of hydrogen-bond acceptors (Lipinski definition) is 3. The van der Waals surface area contributed by atoms with E-state index in [-0.39, 0.29) is 18.1 Å². The molecular formula is C16H24N4O. The van der Waals surface area contributed by atoms with Gasteiger partial charge in [0.05, 0.1) is 12.5 Å². The van der Waals surface area contributed by atoms with Crippen molar-refractivity contribution >= 4 is 11.7 Å². The summed E-state index contributed by atoms with van der Waals surface area (Å²) >= 11 is 0. The molecule has 0 saturated carbocycles. The van der Waals surface area contributed by atoms with Crippen molar-refractivity contribution < 1.29 is 4.79 Å². The van der Waals surface area contributed by atoms with Crippen LogP contribution in [0.15, 0.2) is 24.3 Å². The van der Waals surface area contributed by atoms with Crippen LogP contribution in [-0.4, -0.2) is 30.6 Å². The molecule has 0 heterocycles. The van der Waals surface area contributed by atoms with E-state index in [9.17, 15) is 4.79 Å². The summed E-state index contributed by atoms with van der Waals surface area (Å²) in [5.41, 5.74) is 1.93. The van der Waals surface area contributed by atoms with Crippen molar-refractivity contribution in [2.24, 2.45) is 0 Å². The van der Waals surface area contributed by atoms with Crippen molar-refractivity contribution in [3.8, 4) is 6.07 Å². The summed E-state index contributed by atoms with van der Waals surface area (Å²) < 4.78 is 0.